The fourth-order valence-electron chi connectivity index (χ4n) is 1.58. The third-order valence-electron chi connectivity index (χ3n) is 2.24. The second-order valence-electron chi connectivity index (χ2n) is 3.93. The van der Waals surface area contributed by atoms with Gasteiger partial charge in [-0.25, -0.2) is 15.0 Å². The number of anilines is 1. The van der Waals surface area contributed by atoms with Gasteiger partial charge in [0.05, 0.1) is 0 Å². The molecule has 0 spiro atoms. The number of hydrogen-bond acceptors (Lipinski definition) is 5. The van der Waals surface area contributed by atoms with E-state index in [1.807, 2.05) is 38.1 Å². The molecule has 0 radical (unpaired) electrons. The molecular formula is C13H16N4S. The summed E-state index contributed by atoms with van der Waals surface area (Å²) in [6.07, 6.45) is 0. The molecule has 0 amide bonds. The summed E-state index contributed by atoms with van der Waals surface area (Å²) in [5, 5.41) is 4.84. The summed E-state index contributed by atoms with van der Waals surface area (Å²) in [5.74, 6) is 0.881. The van der Waals surface area contributed by atoms with Gasteiger partial charge in [0.15, 0.2) is 5.16 Å². The van der Waals surface area contributed by atoms with Gasteiger partial charge in [-0.2, -0.15) is 0 Å². The van der Waals surface area contributed by atoms with Gasteiger partial charge in [-0.15, -0.1) is 0 Å². The molecule has 0 atom stereocenters. The molecule has 1 N–H and O–H groups in total. The van der Waals surface area contributed by atoms with Crippen LogP contribution in [-0.2, 0) is 0 Å². The van der Waals surface area contributed by atoms with E-state index in [0.29, 0.717) is 0 Å². The Hall–Kier alpha value is -1.62. The zero-order chi connectivity index (χ0) is 13.0. The van der Waals surface area contributed by atoms with Crippen molar-refractivity contribution < 1.29 is 0 Å². The van der Waals surface area contributed by atoms with Crippen molar-refractivity contribution in [1.82, 2.24) is 15.0 Å². The van der Waals surface area contributed by atoms with Gasteiger partial charge in [-0.3, -0.25) is 0 Å². The number of rotatable bonds is 4. The Morgan fingerprint density at radius 3 is 2.50 bits per heavy atom. The number of aromatic nitrogens is 3. The van der Waals surface area contributed by atoms with Crippen LogP contribution in [0.15, 0.2) is 34.4 Å². The van der Waals surface area contributed by atoms with E-state index in [9.17, 15) is 0 Å². The van der Waals surface area contributed by atoms with Crippen LogP contribution in [-0.4, -0.2) is 21.5 Å². The Morgan fingerprint density at radius 1 is 1.11 bits per heavy atom. The topological polar surface area (TPSA) is 50.7 Å². The molecule has 2 heterocycles. The van der Waals surface area contributed by atoms with Crippen LogP contribution in [0.4, 0.5) is 5.82 Å². The maximum atomic E-state index is 4.49. The van der Waals surface area contributed by atoms with Crippen molar-refractivity contribution in [3.05, 3.63) is 35.7 Å². The lowest BCUT2D eigenvalue weighted by atomic mass is 10.4. The van der Waals surface area contributed by atoms with Gasteiger partial charge in [-0.1, -0.05) is 6.07 Å². The van der Waals surface area contributed by atoms with Crippen LogP contribution in [0.1, 0.15) is 18.3 Å². The number of nitrogens with zero attached hydrogens (tertiary/aromatic N) is 3. The molecule has 0 bridgehead atoms. The molecule has 0 saturated heterocycles. The van der Waals surface area contributed by atoms with Gasteiger partial charge in [0.2, 0.25) is 0 Å². The monoisotopic (exact) mass is 260 g/mol. The zero-order valence-electron chi connectivity index (χ0n) is 10.8. The Balaban J connectivity index is 2.20. The van der Waals surface area contributed by atoms with Gasteiger partial charge in [0.25, 0.3) is 0 Å². The summed E-state index contributed by atoms with van der Waals surface area (Å²) in [7, 11) is 0. The first-order valence-corrected chi connectivity index (χ1v) is 6.70. The summed E-state index contributed by atoms with van der Waals surface area (Å²) in [4.78, 5) is 13.3. The fraction of sp³-hybridized carbons (Fsp3) is 0.308. The molecular weight excluding hydrogens is 244 g/mol. The van der Waals surface area contributed by atoms with Crippen LogP contribution < -0.4 is 5.32 Å². The molecule has 2 rings (SSSR count). The van der Waals surface area contributed by atoms with Gasteiger partial charge in [0, 0.05) is 17.9 Å². The number of aryl methyl sites for hydroxylation is 2. The first-order chi connectivity index (χ1) is 8.67. The van der Waals surface area contributed by atoms with Crippen molar-refractivity contribution in [1.29, 1.82) is 0 Å². The van der Waals surface area contributed by atoms with E-state index in [1.165, 1.54) is 11.8 Å². The largest absolute Gasteiger partial charge is 0.370 e. The Labute approximate surface area is 111 Å². The predicted molar refractivity (Wildman–Crippen MR) is 74.0 cm³/mol. The van der Waals surface area contributed by atoms with Gasteiger partial charge in [-0.05, 0) is 50.7 Å². The van der Waals surface area contributed by atoms with Crippen LogP contribution in [0.2, 0.25) is 0 Å². The first kappa shape index (κ1) is 12.8. The van der Waals surface area contributed by atoms with E-state index in [2.05, 4.69) is 27.2 Å². The molecule has 4 nitrogen and oxygen atoms in total. The van der Waals surface area contributed by atoms with Crippen molar-refractivity contribution in [3.8, 4) is 0 Å². The summed E-state index contributed by atoms with van der Waals surface area (Å²) in [5.41, 5.74) is 1.96. The van der Waals surface area contributed by atoms with Crippen LogP contribution in [0, 0.1) is 13.8 Å². The number of nitrogens with one attached hydrogen (secondary N) is 1. The lowest BCUT2D eigenvalue weighted by molar-refractivity contribution is 0.899. The van der Waals surface area contributed by atoms with Crippen molar-refractivity contribution in [2.75, 3.05) is 11.9 Å². The second-order valence-corrected chi connectivity index (χ2v) is 4.91. The normalized spacial score (nSPS) is 10.4. The van der Waals surface area contributed by atoms with Crippen molar-refractivity contribution in [2.45, 2.75) is 31.0 Å². The van der Waals surface area contributed by atoms with E-state index in [-0.39, 0.29) is 0 Å². The lowest BCUT2D eigenvalue weighted by Gasteiger charge is -2.05. The average Bonchev–Trinajstić information content (AvgIpc) is 2.28. The van der Waals surface area contributed by atoms with Crippen molar-refractivity contribution >= 4 is 17.6 Å². The predicted octanol–water partition coefficient (Wildman–Crippen LogP) is 3.07. The quantitative estimate of drug-likeness (QED) is 0.856. The van der Waals surface area contributed by atoms with Crippen molar-refractivity contribution in [2.24, 2.45) is 0 Å². The highest BCUT2D eigenvalue weighted by Crippen LogP contribution is 2.24. The molecule has 94 valence electrons. The molecule has 5 heteroatoms. The summed E-state index contributed by atoms with van der Waals surface area (Å²) in [6.45, 7) is 6.86. The van der Waals surface area contributed by atoms with Gasteiger partial charge < -0.3 is 5.32 Å². The molecule has 0 unspecified atom stereocenters. The molecule has 2 aromatic rings. The van der Waals surface area contributed by atoms with Crippen LogP contribution >= 0.6 is 11.8 Å². The molecule has 0 aromatic carbocycles. The standard InChI is InChI=1S/C13H16N4S/c1-4-14-11-6-5-7-12(17-11)18-13-15-9(2)8-10(3)16-13/h5-8H,4H2,1-3H3,(H,14,17). The Morgan fingerprint density at radius 2 is 1.83 bits per heavy atom. The minimum Gasteiger partial charge on any atom is -0.370 e. The second kappa shape index (κ2) is 5.82. The summed E-state index contributed by atoms with van der Waals surface area (Å²) in [6, 6.07) is 7.87. The smallest absolute Gasteiger partial charge is 0.194 e. The van der Waals surface area contributed by atoms with Gasteiger partial charge in [0.1, 0.15) is 10.8 Å². The Kier molecular flexibility index (Phi) is 4.15. The SMILES string of the molecule is CCNc1cccc(Sc2nc(C)cc(C)n2)n1. The van der Waals surface area contributed by atoms with Crippen LogP contribution in [0.5, 0.6) is 0 Å². The highest BCUT2D eigenvalue weighted by Gasteiger charge is 2.04. The molecule has 0 aliphatic carbocycles. The van der Waals surface area contributed by atoms with E-state index >= 15 is 0 Å². The van der Waals surface area contributed by atoms with Crippen molar-refractivity contribution in [3.63, 3.8) is 0 Å². The number of hydrogen-bond donors (Lipinski definition) is 1. The third kappa shape index (κ3) is 3.43. The zero-order valence-corrected chi connectivity index (χ0v) is 11.6. The fourth-order valence-corrected chi connectivity index (χ4v) is 2.44. The lowest BCUT2D eigenvalue weighted by Crippen LogP contribution is -1.99. The summed E-state index contributed by atoms with van der Waals surface area (Å²) < 4.78 is 0. The van der Waals surface area contributed by atoms with Gasteiger partial charge >= 0.3 is 0 Å². The molecule has 18 heavy (non-hydrogen) atoms. The minimum absolute atomic E-state index is 0.744. The molecule has 2 aromatic heterocycles. The third-order valence-corrected chi connectivity index (χ3v) is 3.04. The van der Waals surface area contributed by atoms with Crippen LogP contribution in [0.3, 0.4) is 0 Å². The first-order valence-electron chi connectivity index (χ1n) is 5.88. The maximum Gasteiger partial charge on any atom is 0.194 e. The van der Waals surface area contributed by atoms with E-state index < -0.39 is 0 Å². The Bertz CT molecular complexity index is 522. The molecule has 0 aliphatic heterocycles. The van der Waals surface area contributed by atoms with E-state index in [0.717, 1.165) is 33.9 Å². The average molecular weight is 260 g/mol. The number of pyridine rings is 1. The van der Waals surface area contributed by atoms with E-state index in [4.69, 9.17) is 0 Å². The minimum atomic E-state index is 0.744. The molecule has 0 aliphatic rings. The summed E-state index contributed by atoms with van der Waals surface area (Å²) >= 11 is 1.48. The van der Waals surface area contributed by atoms with E-state index in [1.54, 1.807) is 0 Å². The highest BCUT2D eigenvalue weighted by molar-refractivity contribution is 7.99. The highest BCUT2D eigenvalue weighted by atomic mass is 32.2. The maximum absolute atomic E-state index is 4.49. The molecule has 0 saturated carbocycles. The van der Waals surface area contributed by atoms with Crippen LogP contribution in [0.25, 0.3) is 0 Å². The molecule has 0 fully saturated rings.